The highest BCUT2D eigenvalue weighted by Gasteiger charge is 2.53. The van der Waals surface area contributed by atoms with E-state index in [-0.39, 0.29) is 36.0 Å². The number of hydrogen-bond acceptors (Lipinski definition) is 5. The molecule has 3 aliphatic rings. The summed E-state index contributed by atoms with van der Waals surface area (Å²) in [6, 6.07) is 8.04. The molecule has 9 heteroatoms. The number of halogens is 3. The van der Waals surface area contributed by atoms with Gasteiger partial charge in [-0.2, -0.15) is 0 Å². The third-order valence-electron chi connectivity index (χ3n) is 6.20. The fraction of sp³-hybridized carbons (Fsp3) is 0.619. The minimum absolute atomic E-state index is 0. The minimum Gasteiger partial charge on any atom is -0.369 e. The van der Waals surface area contributed by atoms with Gasteiger partial charge in [0.2, 0.25) is 5.91 Å². The van der Waals surface area contributed by atoms with Gasteiger partial charge in [0.25, 0.3) is 5.24 Å². The van der Waals surface area contributed by atoms with Gasteiger partial charge in [0, 0.05) is 43.4 Å². The Morgan fingerprint density at radius 2 is 1.63 bits per heavy atom. The molecule has 0 bridgehead atoms. The number of rotatable bonds is 6. The van der Waals surface area contributed by atoms with Crippen LogP contribution in [-0.4, -0.2) is 65.0 Å². The molecule has 168 valence electrons. The van der Waals surface area contributed by atoms with Crippen molar-refractivity contribution in [3.8, 4) is 0 Å². The number of thioether (sulfide) groups is 1. The van der Waals surface area contributed by atoms with E-state index in [9.17, 15) is 9.59 Å². The number of carbonyl (C=O) groups excluding carboxylic acids is 2. The molecule has 1 aromatic rings. The van der Waals surface area contributed by atoms with Gasteiger partial charge >= 0.3 is 0 Å². The zero-order chi connectivity index (χ0) is 19.6. The summed E-state index contributed by atoms with van der Waals surface area (Å²) in [7, 11) is 0. The van der Waals surface area contributed by atoms with Crippen LogP contribution in [0.3, 0.4) is 0 Å². The van der Waals surface area contributed by atoms with Crippen LogP contribution >= 0.6 is 48.2 Å². The first kappa shape index (κ1) is 25.6. The van der Waals surface area contributed by atoms with E-state index in [1.165, 1.54) is 22.3 Å². The van der Waals surface area contributed by atoms with Gasteiger partial charge in [-0.1, -0.05) is 30.5 Å². The summed E-state index contributed by atoms with van der Waals surface area (Å²) in [5, 5.41) is 0.755. The number of nitrogens with zero attached hydrogens (tertiary/aromatic N) is 3. The summed E-state index contributed by atoms with van der Waals surface area (Å²) in [5.41, 5.74) is 1.19. The summed E-state index contributed by atoms with van der Waals surface area (Å²) in [5.74, 6) is 0.0788. The van der Waals surface area contributed by atoms with Crippen molar-refractivity contribution in [1.82, 2.24) is 9.80 Å². The molecule has 5 nitrogen and oxygen atoms in total. The molecular formula is C21H30Cl3N3O2S. The van der Waals surface area contributed by atoms with Crippen LogP contribution in [0.2, 0.25) is 5.02 Å². The highest BCUT2D eigenvalue weighted by atomic mass is 35.5. The van der Waals surface area contributed by atoms with Crippen LogP contribution < -0.4 is 4.90 Å². The fourth-order valence-electron chi connectivity index (χ4n) is 4.56. The molecule has 1 aromatic carbocycles. The first-order valence-corrected chi connectivity index (χ1v) is 11.5. The largest absolute Gasteiger partial charge is 0.369 e. The maximum atomic E-state index is 12.7. The van der Waals surface area contributed by atoms with E-state index in [4.69, 9.17) is 11.6 Å². The SMILES string of the molecule is Cl.Cl.O=C1SC2(CCCC2)C(=O)N1CCCCN1CCN(c2cccc(Cl)c2)CC1. The number of carbonyl (C=O) groups is 2. The molecule has 0 radical (unpaired) electrons. The van der Waals surface area contributed by atoms with Crippen LogP contribution in [-0.2, 0) is 4.79 Å². The molecule has 1 spiro atoms. The van der Waals surface area contributed by atoms with Crippen LogP contribution in [0.1, 0.15) is 38.5 Å². The number of unbranched alkanes of at least 4 members (excludes halogenated alkanes) is 1. The van der Waals surface area contributed by atoms with Crippen molar-refractivity contribution in [1.29, 1.82) is 0 Å². The molecule has 0 atom stereocenters. The second-order valence-electron chi connectivity index (χ2n) is 8.04. The Morgan fingerprint density at radius 3 is 2.30 bits per heavy atom. The zero-order valence-corrected chi connectivity index (χ0v) is 20.3. The third kappa shape index (κ3) is 5.57. The summed E-state index contributed by atoms with van der Waals surface area (Å²) in [6.07, 6.45) is 5.79. The Bertz CT molecular complexity index is 738. The second-order valence-corrected chi connectivity index (χ2v) is 9.81. The number of piperazine rings is 1. The Hall–Kier alpha value is -0.660. The lowest BCUT2D eigenvalue weighted by atomic mass is 10.1. The molecule has 2 amide bonds. The van der Waals surface area contributed by atoms with E-state index >= 15 is 0 Å². The van der Waals surface area contributed by atoms with Gasteiger partial charge in [-0.3, -0.25) is 19.4 Å². The van der Waals surface area contributed by atoms with E-state index in [2.05, 4.69) is 15.9 Å². The normalized spacial score (nSPS) is 21.1. The number of anilines is 1. The number of benzene rings is 1. The van der Waals surface area contributed by atoms with Gasteiger partial charge in [-0.05, 0) is 62.2 Å². The lowest BCUT2D eigenvalue weighted by molar-refractivity contribution is -0.129. The molecule has 2 heterocycles. The van der Waals surface area contributed by atoms with Crippen LogP contribution in [0.25, 0.3) is 0 Å². The van der Waals surface area contributed by atoms with Gasteiger partial charge < -0.3 is 4.90 Å². The summed E-state index contributed by atoms with van der Waals surface area (Å²) < 4.78 is -0.409. The minimum atomic E-state index is -0.409. The molecule has 2 aliphatic heterocycles. The van der Waals surface area contributed by atoms with Gasteiger partial charge in [0.1, 0.15) is 4.75 Å². The van der Waals surface area contributed by atoms with Crippen LogP contribution in [0.15, 0.2) is 24.3 Å². The molecule has 1 aliphatic carbocycles. The standard InChI is InChI=1S/C21H28ClN3O2S.2ClH/c22-17-6-5-7-18(16-17)24-14-12-23(13-15-24)10-3-4-11-25-19(26)21(28-20(25)27)8-1-2-9-21;;/h5-7,16H,1-4,8-15H2;2*1H. The number of amides is 2. The Labute approximate surface area is 200 Å². The van der Waals surface area contributed by atoms with Gasteiger partial charge in [0.15, 0.2) is 0 Å². The van der Waals surface area contributed by atoms with Crippen LogP contribution in [0.4, 0.5) is 10.5 Å². The highest BCUT2D eigenvalue weighted by Crippen LogP contribution is 2.48. The van der Waals surface area contributed by atoms with E-state index in [1.807, 2.05) is 18.2 Å². The van der Waals surface area contributed by atoms with Crippen molar-refractivity contribution in [2.45, 2.75) is 43.3 Å². The molecule has 30 heavy (non-hydrogen) atoms. The van der Waals surface area contributed by atoms with Crippen LogP contribution in [0, 0.1) is 0 Å². The predicted octanol–water partition coefficient (Wildman–Crippen LogP) is 5.09. The van der Waals surface area contributed by atoms with Crippen molar-refractivity contribution < 1.29 is 9.59 Å². The van der Waals surface area contributed by atoms with Crippen LogP contribution in [0.5, 0.6) is 0 Å². The van der Waals surface area contributed by atoms with Crippen molar-refractivity contribution in [3.05, 3.63) is 29.3 Å². The monoisotopic (exact) mass is 493 g/mol. The Balaban J connectivity index is 0.00000160. The zero-order valence-electron chi connectivity index (χ0n) is 17.1. The summed E-state index contributed by atoms with van der Waals surface area (Å²) in [4.78, 5) is 31.3. The predicted molar refractivity (Wildman–Crippen MR) is 130 cm³/mol. The average Bonchev–Trinajstić information content (AvgIpc) is 3.25. The van der Waals surface area contributed by atoms with Crippen molar-refractivity contribution in [3.63, 3.8) is 0 Å². The van der Waals surface area contributed by atoms with Gasteiger partial charge in [0.05, 0.1) is 0 Å². The summed E-state index contributed by atoms with van der Waals surface area (Å²) >= 11 is 7.39. The summed E-state index contributed by atoms with van der Waals surface area (Å²) in [6.45, 7) is 5.68. The maximum absolute atomic E-state index is 12.7. The van der Waals surface area contributed by atoms with Gasteiger partial charge in [-0.15, -0.1) is 24.8 Å². The molecule has 3 fully saturated rings. The molecule has 2 saturated heterocycles. The molecule has 1 saturated carbocycles. The lowest BCUT2D eigenvalue weighted by Crippen LogP contribution is -2.46. The van der Waals surface area contributed by atoms with E-state index in [0.29, 0.717) is 6.54 Å². The molecule has 0 N–H and O–H groups in total. The van der Waals surface area contributed by atoms with Crippen molar-refractivity contribution in [2.24, 2.45) is 0 Å². The first-order chi connectivity index (χ1) is 13.6. The smallest absolute Gasteiger partial charge is 0.289 e. The average molecular weight is 495 g/mol. The molecular weight excluding hydrogens is 465 g/mol. The fourth-order valence-corrected chi connectivity index (χ4v) is 6.05. The lowest BCUT2D eigenvalue weighted by Gasteiger charge is -2.36. The highest BCUT2D eigenvalue weighted by molar-refractivity contribution is 8.16. The van der Waals surface area contributed by atoms with E-state index in [1.54, 1.807) is 0 Å². The number of hydrogen-bond donors (Lipinski definition) is 0. The molecule has 0 aromatic heterocycles. The first-order valence-electron chi connectivity index (χ1n) is 10.4. The van der Waals surface area contributed by atoms with Gasteiger partial charge in [-0.25, -0.2) is 0 Å². The molecule has 4 rings (SSSR count). The Morgan fingerprint density at radius 1 is 0.967 bits per heavy atom. The second kappa shape index (κ2) is 11.3. The van der Waals surface area contributed by atoms with Crippen molar-refractivity contribution >= 4 is 65.0 Å². The third-order valence-corrected chi connectivity index (χ3v) is 7.80. The maximum Gasteiger partial charge on any atom is 0.289 e. The van der Waals surface area contributed by atoms with E-state index < -0.39 is 4.75 Å². The quantitative estimate of drug-likeness (QED) is 0.515. The topological polar surface area (TPSA) is 43.9 Å². The molecule has 0 unspecified atom stereocenters. The van der Waals surface area contributed by atoms with E-state index in [0.717, 1.165) is 76.3 Å². The van der Waals surface area contributed by atoms with Crippen molar-refractivity contribution in [2.75, 3.05) is 44.2 Å². The Kier molecular flexibility index (Phi) is 9.62. The number of imide groups is 1.